The molecule has 0 amide bonds. The Morgan fingerprint density at radius 2 is 2.21 bits per heavy atom. The summed E-state index contributed by atoms with van der Waals surface area (Å²) >= 11 is 1.91. The molecule has 0 aromatic rings. The highest BCUT2D eigenvalue weighted by Crippen LogP contribution is 2.31. The van der Waals surface area contributed by atoms with Gasteiger partial charge < -0.3 is 15.0 Å². The van der Waals surface area contributed by atoms with Gasteiger partial charge in [0, 0.05) is 32.0 Å². The molecule has 0 spiro atoms. The summed E-state index contributed by atoms with van der Waals surface area (Å²) in [6, 6.07) is 0.694. The smallest absolute Gasteiger partial charge is 0.156 e. The van der Waals surface area contributed by atoms with Crippen LogP contribution >= 0.6 is 11.8 Å². The highest BCUT2D eigenvalue weighted by atomic mass is 32.2. The molecule has 2 rings (SSSR count). The van der Waals surface area contributed by atoms with Gasteiger partial charge in [0.1, 0.15) is 0 Å². The monoisotopic (exact) mass is 285 g/mol. The topological polar surface area (TPSA) is 36.9 Å². The Hall–Kier alpha value is -0.260. The molecule has 0 aromatic carbocycles. The Labute approximate surface area is 121 Å². The second kappa shape index (κ2) is 8.12. The Balaban J connectivity index is 1.68. The molecule has 2 aliphatic rings. The first-order valence-corrected chi connectivity index (χ1v) is 8.39. The number of amidine groups is 1. The minimum absolute atomic E-state index is 0.694. The molecule has 2 fully saturated rings. The number of methoxy groups -OCH3 is 1. The van der Waals surface area contributed by atoms with Crippen LogP contribution in [0, 0.1) is 5.92 Å². The third kappa shape index (κ3) is 4.97. The third-order valence-electron chi connectivity index (χ3n) is 4.07. The van der Waals surface area contributed by atoms with Crippen molar-refractivity contribution in [3.8, 4) is 0 Å². The molecule has 0 bridgehead atoms. The normalized spacial score (nSPS) is 29.3. The van der Waals surface area contributed by atoms with Crippen molar-refractivity contribution in [3.63, 3.8) is 0 Å². The SMILES string of the molecule is COCCN(C)CCN=C1NC2CCCCC2CS1. The van der Waals surface area contributed by atoms with Crippen LogP contribution in [-0.2, 0) is 4.74 Å². The maximum atomic E-state index is 5.07. The minimum atomic E-state index is 0.694. The molecule has 2 atom stereocenters. The summed E-state index contributed by atoms with van der Waals surface area (Å²) < 4.78 is 5.07. The Morgan fingerprint density at radius 1 is 1.37 bits per heavy atom. The molecule has 2 unspecified atom stereocenters. The first-order chi connectivity index (χ1) is 9.29. The second-order valence-corrected chi connectivity index (χ2v) is 6.60. The number of fused-ring (bicyclic) bond motifs is 1. The quantitative estimate of drug-likeness (QED) is 0.807. The van der Waals surface area contributed by atoms with Gasteiger partial charge in [0.15, 0.2) is 5.17 Å². The molecule has 19 heavy (non-hydrogen) atoms. The number of hydrogen-bond acceptors (Lipinski definition) is 4. The van der Waals surface area contributed by atoms with E-state index >= 15 is 0 Å². The standard InChI is InChI=1S/C14H27N3OS/c1-17(9-10-18-2)8-7-15-14-16-13-6-4-3-5-12(13)11-19-14/h12-13H,3-11H2,1-2H3,(H,15,16). The maximum absolute atomic E-state index is 5.07. The number of likely N-dealkylation sites (N-methyl/N-ethyl adjacent to an activating group) is 1. The van der Waals surface area contributed by atoms with Gasteiger partial charge in [0.2, 0.25) is 0 Å². The van der Waals surface area contributed by atoms with Crippen molar-refractivity contribution in [1.29, 1.82) is 0 Å². The summed E-state index contributed by atoms with van der Waals surface area (Å²) in [5.41, 5.74) is 0. The minimum Gasteiger partial charge on any atom is -0.383 e. The average Bonchev–Trinajstić information content (AvgIpc) is 2.45. The van der Waals surface area contributed by atoms with Crippen LogP contribution in [0.4, 0.5) is 0 Å². The van der Waals surface area contributed by atoms with E-state index in [4.69, 9.17) is 9.73 Å². The molecule has 0 radical (unpaired) electrons. The van der Waals surface area contributed by atoms with Crippen LogP contribution in [0.3, 0.4) is 0 Å². The fourth-order valence-corrected chi connectivity index (χ4v) is 3.94. The van der Waals surface area contributed by atoms with Crippen LogP contribution in [0.15, 0.2) is 4.99 Å². The summed E-state index contributed by atoms with van der Waals surface area (Å²) in [5.74, 6) is 2.14. The molecule has 0 aromatic heterocycles. The third-order valence-corrected chi connectivity index (χ3v) is 5.18. The predicted molar refractivity (Wildman–Crippen MR) is 83.0 cm³/mol. The lowest BCUT2D eigenvalue weighted by Gasteiger charge is -2.36. The van der Waals surface area contributed by atoms with Crippen LogP contribution < -0.4 is 5.32 Å². The first kappa shape index (κ1) is 15.1. The van der Waals surface area contributed by atoms with Crippen molar-refractivity contribution in [3.05, 3.63) is 0 Å². The zero-order valence-electron chi connectivity index (χ0n) is 12.2. The number of aliphatic imine (C=N–C) groups is 1. The number of thioether (sulfide) groups is 1. The van der Waals surface area contributed by atoms with E-state index in [1.165, 1.54) is 36.6 Å². The van der Waals surface area contributed by atoms with Gasteiger partial charge in [-0.05, 0) is 25.8 Å². The Morgan fingerprint density at radius 3 is 3.05 bits per heavy atom. The van der Waals surface area contributed by atoms with Crippen LogP contribution in [0.2, 0.25) is 0 Å². The van der Waals surface area contributed by atoms with Crippen LogP contribution in [0.1, 0.15) is 25.7 Å². The van der Waals surface area contributed by atoms with Crippen molar-refractivity contribution in [2.24, 2.45) is 10.9 Å². The molecule has 1 aliphatic heterocycles. The second-order valence-electron chi connectivity index (χ2n) is 5.59. The van der Waals surface area contributed by atoms with Gasteiger partial charge in [-0.3, -0.25) is 4.99 Å². The highest BCUT2D eigenvalue weighted by molar-refractivity contribution is 8.13. The lowest BCUT2D eigenvalue weighted by Crippen LogP contribution is -2.46. The van der Waals surface area contributed by atoms with Gasteiger partial charge in [-0.1, -0.05) is 24.6 Å². The summed E-state index contributed by atoms with van der Waals surface area (Å²) in [4.78, 5) is 6.98. The van der Waals surface area contributed by atoms with E-state index < -0.39 is 0 Å². The lowest BCUT2D eigenvalue weighted by atomic mass is 9.86. The molecule has 1 heterocycles. The Bertz CT molecular complexity index is 298. The Kier molecular flexibility index (Phi) is 6.47. The molecule has 1 N–H and O–H groups in total. The van der Waals surface area contributed by atoms with E-state index in [1.807, 2.05) is 11.8 Å². The van der Waals surface area contributed by atoms with E-state index in [9.17, 15) is 0 Å². The van der Waals surface area contributed by atoms with Crippen LogP contribution in [-0.4, -0.2) is 62.3 Å². The van der Waals surface area contributed by atoms with Crippen LogP contribution in [0.5, 0.6) is 0 Å². The van der Waals surface area contributed by atoms with Crippen LogP contribution in [0.25, 0.3) is 0 Å². The largest absolute Gasteiger partial charge is 0.383 e. The number of rotatable bonds is 6. The number of hydrogen-bond donors (Lipinski definition) is 1. The van der Waals surface area contributed by atoms with Gasteiger partial charge in [-0.15, -0.1) is 0 Å². The zero-order valence-corrected chi connectivity index (χ0v) is 13.0. The lowest BCUT2D eigenvalue weighted by molar-refractivity contribution is 0.163. The fourth-order valence-electron chi connectivity index (χ4n) is 2.76. The van der Waals surface area contributed by atoms with Gasteiger partial charge in [-0.2, -0.15) is 0 Å². The van der Waals surface area contributed by atoms with Crippen molar-refractivity contribution in [2.75, 3.05) is 46.2 Å². The number of nitrogens with one attached hydrogen (secondary N) is 1. The van der Waals surface area contributed by atoms with Crippen molar-refractivity contribution in [2.45, 2.75) is 31.7 Å². The molecule has 1 saturated carbocycles. The van der Waals surface area contributed by atoms with E-state index in [1.54, 1.807) is 7.11 Å². The van der Waals surface area contributed by atoms with Crippen molar-refractivity contribution in [1.82, 2.24) is 10.2 Å². The molecular formula is C14H27N3OS. The van der Waals surface area contributed by atoms with Gasteiger partial charge >= 0.3 is 0 Å². The van der Waals surface area contributed by atoms with Gasteiger partial charge in [-0.25, -0.2) is 0 Å². The number of nitrogens with zero attached hydrogens (tertiary/aromatic N) is 2. The van der Waals surface area contributed by atoms with E-state index in [2.05, 4.69) is 17.3 Å². The molecule has 110 valence electrons. The predicted octanol–water partition coefficient (Wildman–Crippen LogP) is 1.82. The molecular weight excluding hydrogens is 258 g/mol. The summed E-state index contributed by atoms with van der Waals surface area (Å²) in [6.07, 6.45) is 5.53. The molecule has 1 aliphatic carbocycles. The van der Waals surface area contributed by atoms with Gasteiger partial charge in [0.05, 0.1) is 13.2 Å². The maximum Gasteiger partial charge on any atom is 0.156 e. The summed E-state index contributed by atoms with van der Waals surface area (Å²) in [6.45, 7) is 3.66. The molecule has 1 saturated heterocycles. The zero-order chi connectivity index (χ0) is 13.5. The highest BCUT2D eigenvalue weighted by Gasteiger charge is 2.29. The summed E-state index contributed by atoms with van der Waals surface area (Å²) in [7, 11) is 3.87. The summed E-state index contributed by atoms with van der Waals surface area (Å²) in [5, 5.41) is 4.81. The van der Waals surface area contributed by atoms with Crippen molar-refractivity contribution < 1.29 is 4.74 Å². The van der Waals surface area contributed by atoms with E-state index in [0.29, 0.717) is 6.04 Å². The average molecular weight is 285 g/mol. The molecule has 5 heteroatoms. The van der Waals surface area contributed by atoms with Crippen molar-refractivity contribution >= 4 is 16.9 Å². The van der Waals surface area contributed by atoms with Gasteiger partial charge in [0.25, 0.3) is 0 Å². The van der Waals surface area contributed by atoms with E-state index in [-0.39, 0.29) is 0 Å². The molecule has 4 nitrogen and oxygen atoms in total. The number of ether oxygens (including phenoxy) is 1. The fraction of sp³-hybridized carbons (Fsp3) is 0.929. The van der Waals surface area contributed by atoms with E-state index in [0.717, 1.165) is 32.2 Å². The first-order valence-electron chi connectivity index (χ1n) is 7.41.